The molecule has 1 aliphatic heterocycles. The summed E-state index contributed by atoms with van der Waals surface area (Å²) in [5.41, 5.74) is 1.10. The summed E-state index contributed by atoms with van der Waals surface area (Å²) in [5.74, 6) is -2.65. The number of rotatable bonds is 3. The normalized spacial score (nSPS) is 17.9. The second-order valence-corrected chi connectivity index (χ2v) is 7.09. The number of pyridine rings is 1. The van der Waals surface area contributed by atoms with E-state index in [4.69, 9.17) is 6.85 Å². The molecule has 2 aromatic carbocycles. The molecule has 150 valence electrons. The van der Waals surface area contributed by atoms with Crippen molar-refractivity contribution in [3.63, 3.8) is 0 Å². The Morgan fingerprint density at radius 1 is 1.20 bits per heavy atom. The highest BCUT2D eigenvalue weighted by molar-refractivity contribution is 5.98. The maximum atomic E-state index is 15.2. The van der Waals surface area contributed by atoms with Gasteiger partial charge in [0.1, 0.15) is 11.6 Å². The van der Waals surface area contributed by atoms with Crippen LogP contribution in [-0.2, 0) is 20.0 Å². The first kappa shape index (κ1) is 13.6. The fraction of sp³-hybridized carbons (Fsp3) is 0.174. The van der Waals surface area contributed by atoms with E-state index in [2.05, 4.69) is 10.1 Å². The molecule has 0 saturated carbocycles. The number of hydrogen-bond acceptors (Lipinski definition) is 3. The third-order valence-electron chi connectivity index (χ3n) is 5.17. The Morgan fingerprint density at radius 3 is 2.73 bits per heavy atom. The molecule has 2 aromatic heterocycles. The van der Waals surface area contributed by atoms with Gasteiger partial charge in [-0.2, -0.15) is 5.10 Å². The van der Waals surface area contributed by atoms with Crippen LogP contribution in [0.2, 0.25) is 0 Å². The largest absolute Gasteiger partial charge is 0.328 e. The Balaban J connectivity index is 1.56. The van der Waals surface area contributed by atoms with Gasteiger partial charge in [0.25, 0.3) is 5.91 Å². The van der Waals surface area contributed by atoms with Gasteiger partial charge in [-0.1, -0.05) is 12.1 Å². The first-order valence-corrected chi connectivity index (χ1v) is 9.15. The lowest BCUT2D eigenvalue weighted by molar-refractivity contribution is 0.0763. The molecule has 0 spiro atoms. The van der Waals surface area contributed by atoms with E-state index in [0.29, 0.717) is 22.0 Å². The minimum atomic E-state index is -2.52. The molecule has 0 fully saturated rings. The van der Waals surface area contributed by atoms with Gasteiger partial charge in [0.2, 0.25) is 0 Å². The maximum Gasteiger partial charge on any atom is 0.256 e. The number of carbonyl (C=O) groups excluding carboxylic acids is 1. The summed E-state index contributed by atoms with van der Waals surface area (Å²) in [6.45, 7) is -3.74. The van der Waals surface area contributed by atoms with Gasteiger partial charge in [0.15, 0.2) is 0 Å². The van der Waals surface area contributed by atoms with Crippen LogP contribution in [0.4, 0.5) is 8.78 Å². The summed E-state index contributed by atoms with van der Waals surface area (Å²) in [6.07, 6.45) is 2.66. The zero-order chi connectivity index (χ0) is 25.3. The van der Waals surface area contributed by atoms with E-state index in [1.807, 2.05) is 0 Å². The number of fused-ring (bicyclic) bond motifs is 2. The van der Waals surface area contributed by atoms with Crippen LogP contribution in [-0.4, -0.2) is 25.6 Å². The molecule has 4 aromatic rings. The summed E-state index contributed by atoms with van der Waals surface area (Å²) < 4.78 is 70.6. The molecule has 5 nitrogen and oxygen atoms in total. The number of hydrogen-bond donors (Lipinski definition) is 0. The topological polar surface area (TPSA) is 51.0 Å². The molecule has 0 atom stereocenters. The molecular weight excluding hydrogens is 386 g/mol. The van der Waals surface area contributed by atoms with Crippen molar-refractivity contribution < 1.29 is 20.4 Å². The molecule has 7 heteroatoms. The SMILES string of the molecule is [2H]C1([2H])c2ncccc2C(=O)N1Cc1c(F)cc(-c2ccc(C)c3nn(C([2H])([2H])[2H])cc23)cc1F. The summed E-state index contributed by atoms with van der Waals surface area (Å²) in [7, 11) is 0. The van der Waals surface area contributed by atoms with Crippen molar-refractivity contribution in [1.29, 1.82) is 0 Å². The van der Waals surface area contributed by atoms with Crippen molar-refractivity contribution in [3.05, 3.63) is 82.8 Å². The highest BCUT2D eigenvalue weighted by Crippen LogP contribution is 2.33. The molecule has 0 N–H and O–H groups in total. The second kappa shape index (κ2) is 6.73. The fourth-order valence-corrected chi connectivity index (χ4v) is 3.66. The van der Waals surface area contributed by atoms with E-state index in [9.17, 15) is 4.79 Å². The smallest absolute Gasteiger partial charge is 0.256 e. The molecule has 5 rings (SSSR count). The number of halogens is 2. The zero-order valence-corrected chi connectivity index (χ0v) is 15.8. The van der Waals surface area contributed by atoms with Crippen LogP contribution < -0.4 is 0 Å². The third-order valence-corrected chi connectivity index (χ3v) is 5.17. The van der Waals surface area contributed by atoms with Gasteiger partial charge in [-0.25, -0.2) is 8.78 Å². The highest BCUT2D eigenvalue weighted by Gasteiger charge is 2.29. The molecule has 1 amide bonds. The monoisotopic (exact) mass is 409 g/mol. The van der Waals surface area contributed by atoms with E-state index < -0.39 is 43.1 Å². The summed E-state index contributed by atoms with van der Waals surface area (Å²) >= 11 is 0. The molecular formula is C23H18F2N4O. The maximum absolute atomic E-state index is 15.2. The van der Waals surface area contributed by atoms with E-state index >= 15 is 8.78 Å². The highest BCUT2D eigenvalue weighted by atomic mass is 19.1. The first-order chi connectivity index (χ1) is 16.4. The van der Waals surface area contributed by atoms with E-state index in [-0.39, 0.29) is 16.8 Å². The number of aryl methyl sites for hydroxylation is 2. The number of benzene rings is 2. The van der Waals surface area contributed by atoms with Gasteiger partial charge in [-0.05, 0) is 47.9 Å². The van der Waals surface area contributed by atoms with Gasteiger partial charge in [0.05, 0.1) is 32.6 Å². The van der Waals surface area contributed by atoms with E-state index in [1.165, 1.54) is 24.5 Å². The standard InChI is InChI=1S/C23H18F2N4O/c1-13-5-6-15(17-10-28(2)27-22(13)17)14-8-19(24)18(20(25)9-14)11-29-12-21-16(23(29)30)4-3-7-26-21/h3-10H,11-12H2,1-2H3/i2D3,12D2. The molecule has 3 heterocycles. The predicted octanol–water partition coefficient (Wildman–Crippen LogP) is 4.38. The quantitative estimate of drug-likeness (QED) is 0.505. The Morgan fingerprint density at radius 2 is 2.00 bits per heavy atom. The first-order valence-electron chi connectivity index (χ1n) is 11.6. The average molecular weight is 409 g/mol. The number of nitrogens with zero attached hydrogens (tertiary/aromatic N) is 4. The van der Waals surface area contributed by atoms with Crippen LogP contribution in [0.15, 0.2) is 48.8 Å². The van der Waals surface area contributed by atoms with Crippen molar-refractivity contribution in [2.75, 3.05) is 0 Å². The van der Waals surface area contributed by atoms with Gasteiger partial charge in [-0.15, -0.1) is 0 Å². The van der Waals surface area contributed by atoms with Gasteiger partial charge >= 0.3 is 0 Å². The van der Waals surface area contributed by atoms with Gasteiger partial charge < -0.3 is 4.90 Å². The molecule has 0 saturated heterocycles. The third kappa shape index (κ3) is 2.85. The molecule has 30 heavy (non-hydrogen) atoms. The van der Waals surface area contributed by atoms with Crippen molar-refractivity contribution in [3.8, 4) is 11.1 Å². The number of amides is 1. The van der Waals surface area contributed by atoms with Crippen molar-refractivity contribution in [1.82, 2.24) is 19.7 Å². The van der Waals surface area contributed by atoms with Crippen LogP contribution in [0.5, 0.6) is 0 Å². The lowest BCUT2D eigenvalue weighted by atomic mass is 9.98. The second-order valence-electron chi connectivity index (χ2n) is 7.09. The fourth-order valence-electron chi connectivity index (χ4n) is 3.66. The van der Waals surface area contributed by atoms with Gasteiger partial charge in [0, 0.05) is 34.4 Å². The summed E-state index contributed by atoms with van der Waals surface area (Å²) in [4.78, 5) is 17.4. The van der Waals surface area contributed by atoms with E-state index in [0.717, 1.165) is 21.7 Å². The van der Waals surface area contributed by atoms with Crippen molar-refractivity contribution >= 4 is 16.8 Å². The van der Waals surface area contributed by atoms with Gasteiger partial charge in [-0.3, -0.25) is 14.5 Å². The minimum absolute atomic E-state index is 0.0447. The Kier molecular flexibility index (Phi) is 3.05. The van der Waals surface area contributed by atoms with Crippen LogP contribution in [0.1, 0.15) is 34.0 Å². The Labute approximate surface area is 178 Å². The molecule has 0 bridgehead atoms. The molecule has 0 unspecified atom stereocenters. The molecule has 0 radical (unpaired) electrons. The predicted molar refractivity (Wildman–Crippen MR) is 109 cm³/mol. The Hall–Kier alpha value is -3.61. The number of carbonyl (C=O) groups is 1. The van der Waals surface area contributed by atoms with Crippen LogP contribution in [0.25, 0.3) is 22.0 Å². The van der Waals surface area contributed by atoms with Crippen LogP contribution in [0.3, 0.4) is 0 Å². The van der Waals surface area contributed by atoms with Crippen LogP contribution >= 0.6 is 0 Å². The lowest BCUT2D eigenvalue weighted by Crippen LogP contribution is -2.24. The van der Waals surface area contributed by atoms with Crippen LogP contribution in [0, 0.1) is 18.6 Å². The Bertz CT molecular complexity index is 1490. The zero-order valence-electron chi connectivity index (χ0n) is 20.8. The summed E-state index contributed by atoms with van der Waals surface area (Å²) in [5, 5.41) is 4.54. The van der Waals surface area contributed by atoms with E-state index in [1.54, 1.807) is 19.1 Å². The summed E-state index contributed by atoms with van der Waals surface area (Å²) in [6, 6.07) is 8.37. The molecule has 1 aliphatic rings. The molecule has 0 aliphatic carbocycles. The van der Waals surface area contributed by atoms with Crippen molar-refractivity contribution in [2.24, 2.45) is 6.98 Å². The average Bonchev–Trinajstić information content (AvgIpc) is 3.32. The lowest BCUT2D eigenvalue weighted by Gasteiger charge is -2.17. The minimum Gasteiger partial charge on any atom is -0.328 e. The van der Waals surface area contributed by atoms with Crippen molar-refractivity contribution in [2.45, 2.75) is 20.0 Å². The number of aromatic nitrogens is 3.